The van der Waals surface area contributed by atoms with E-state index in [1.165, 1.54) is 6.07 Å². The van der Waals surface area contributed by atoms with Crippen LogP contribution < -0.4 is 14.8 Å². The maximum absolute atomic E-state index is 12.1. The third-order valence-corrected chi connectivity index (χ3v) is 3.49. The third kappa shape index (κ3) is 3.22. The summed E-state index contributed by atoms with van der Waals surface area (Å²) in [6.45, 7) is 1.23. The zero-order valence-electron chi connectivity index (χ0n) is 12.5. The van der Waals surface area contributed by atoms with Crippen LogP contribution in [0.15, 0.2) is 36.4 Å². The van der Waals surface area contributed by atoms with Gasteiger partial charge in [-0.1, -0.05) is 6.07 Å². The number of amides is 1. The Kier molecular flexibility index (Phi) is 4.19. The monoisotopic (exact) mass is 330 g/mol. The minimum Gasteiger partial charge on any atom is -0.502 e. The molecule has 124 valence electrons. The average Bonchev–Trinajstić information content (AvgIpc) is 2.59. The lowest BCUT2D eigenvalue weighted by molar-refractivity contribution is -0.385. The highest BCUT2D eigenvalue weighted by atomic mass is 16.6. The van der Waals surface area contributed by atoms with Crippen LogP contribution in [0.4, 0.5) is 5.69 Å². The Labute approximate surface area is 136 Å². The first-order valence-corrected chi connectivity index (χ1v) is 7.19. The van der Waals surface area contributed by atoms with Crippen LogP contribution in [-0.4, -0.2) is 29.2 Å². The molecule has 8 nitrogen and oxygen atoms in total. The zero-order chi connectivity index (χ0) is 17.1. The number of nitro groups is 1. The second-order valence-corrected chi connectivity index (χ2v) is 5.12. The van der Waals surface area contributed by atoms with Gasteiger partial charge in [0, 0.05) is 18.2 Å². The van der Waals surface area contributed by atoms with E-state index in [4.69, 9.17) is 9.47 Å². The fraction of sp³-hybridized carbons (Fsp3) is 0.188. The molecular formula is C16H14N2O6. The summed E-state index contributed by atoms with van der Waals surface area (Å²) >= 11 is 0. The number of carbonyl (C=O) groups is 1. The molecule has 1 aliphatic heterocycles. The van der Waals surface area contributed by atoms with Crippen molar-refractivity contribution in [2.24, 2.45) is 0 Å². The van der Waals surface area contributed by atoms with E-state index in [0.717, 1.165) is 17.7 Å². The van der Waals surface area contributed by atoms with Crippen molar-refractivity contribution in [2.75, 3.05) is 13.2 Å². The molecule has 2 N–H and O–H groups in total. The smallest absolute Gasteiger partial charge is 0.310 e. The van der Waals surface area contributed by atoms with Crippen molar-refractivity contribution in [1.82, 2.24) is 5.32 Å². The minimum absolute atomic E-state index is 0.135. The molecule has 0 bridgehead atoms. The topological polar surface area (TPSA) is 111 Å². The van der Waals surface area contributed by atoms with Crippen LogP contribution in [0.3, 0.4) is 0 Å². The summed E-state index contributed by atoms with van der Waals surface area (Å²) < 4.78 is 10.9. The Morgan fingerprint density at radius 1 is 1.17 bits per heavy atom. The summed E-state index contributed by atoms with van der Waals surface area (Å²) in [5.74, 6) is 0.291. The van der Waals surface area contributed by atoms with E-state index in [0.29, 0.717) is 24.7 Å². The van der Waals surface area contributed by atoms with Gasteiger partial charge in [0.25, 0.3) is 5.91 Å². The van der Waals surface area contributed by atoms with Gasteiger partial charge in [0.15, 0.2) is 17.2 Å². The predicted octanol–water partition coefficient (Wildman–Crippen LogP) is 2.00. The van der Waals surface area contributed by atoms with Gasteiger partial charge in [0.1, 0.15) is 13.2 Å². The Hall–Kier alpha value is -3.29. The highest BCUT2D eigenvalue weighted by Gasteiger charge is 2.16. The first-order chi connectivity index (χ1) is 11.5. The molecule has 0 radical (unpaired) electrons. The largest absolute Gasteiger partial charge is 0.502 e. The van der Waals surface area contributed by atoms with Crippen molar-refractivity contribution in [2.45, 2.75) is 6.54 Å². The molecule has 0 fully saturated rings. The fourth-order valence-electron chi connectivity index (χ4n) is 2.30. The highest BCUT2D eigenvalue weighted by molar-refractivity contribution is 5.95. The molecule has 1 heterocycles. The maximum atomic E-state index is 12.1. The van der Waals surface area contributed by atoms with Crippen molar-refractivity contribution in [3.05, 3.63) is 57.6 Å². The van der Waals surface area contributed by atoms with E-state index in [2.05, 4.69) is 5.32 Å². The summed E-state index contributed by atoms with van der Waals surface area (Å²) in [6.07, 6.45) is 0. The van der Waals surface area contributed by atoms with Gasteiger partial charge in [0.05, 0.1) is 4.92 Å². The highest BCUT2D eigenvalue weighted by Crippen LogP contribution is 2.30. The van der Waals surface area contributed by atoms with E-state index in [-0.39, 0.29) is 12.1 Å². The minimum atomic E-state index is -0.716. The summed E-state index contributed by atoms with van der Waals surface area (Å²) in [5.41, 5.74) is 0.507. The fourth-order valence-corrected chi connectivity index (χ4v) is 2.30. The Morgan fingerprint density at radius 3 is 2.62 bits per heavy atom. The lowest BCUT2D eigenvalue weighted by Gasteiger charge is -2.19. The van der Waals surface area contributed by atoms with E-state index in [1.54, 1.807) is 18.2 Å². The molecule has 2 aromatic carbocycles. The molecule has 0 spiro atoms. The normalized spacial score (nSPS) is 12.5. The Morgan fingerprint density at radius 2 is 1.92 bits per heavy atom. The van der Waals surface area contributed by atoms with E-state index < -0.39 is 22.3 Å². The standard InChI is InChI=1S/C16H14N2O6/c19-13-8-11(2-3-12(13)18(21)22)16(20)17-9-10-1-4-14-15(7-10)24-6-5-23-14/h1-4,7-8,19H,5-6,9H2,(H,17,20). The quantitative estimate of drug-likeness (QED) is 0.655. The van der Waals surface area contributed by atoms with E-state index in [9.17, 15) is 20.0 Å². The van der Waals surface area contributed by atoms with Gasteiger partial charge in [-0.05, 0) is 29.8 Å². The number of nitrogens with one attached hydrogen (secondary N) is 1. The van der Waals surface area contributed by atoms with Crippen LogP contribution >= 0.6 is 0 Å². The molecule has 0 aromatic heterocycles. The van der Waals surface area contributed by atoms with E-state index in [1.807, 2.05) is 0 Å². The lowest BCUT2D eigenvalue weighted by Crippen LogP contribution is -2.23. The molecule has 1 amide bonds. The zero-order valence-corrected chi connectivity index (χ0v) is 12.5. The lowest BCUT2D eigenvalue weighted by atomic mass is 10.1. The van der Waals surface area contributed by atoms with Crippen LogP contribution in [0.1, 0.15) is 15.9 Å². The molecular weight excluding hydrogens is 316 g/mol. The summed E-state index contributed by atoms with van der Waals surface area (Å²) in [5, 5.41) is 22.9. The first-order valence-electron chi connectivity index (χ1n) is 7.19. The van der Waals surface area contributed by atoms with Crippen molar-refractivity contribution in [3.8, 4) is 17.2 Å². The molecule has 0 saturated heterocycles. The van der Waals surface area contributed by atoms with Gasteiger partial charge in [-0.3, -0.25) is 14.9 Å². The summed E-state index contributed by atoms with van der Waals surface area (Å²) in [6, 6.07) is 8.81. The molecule has 8 heteroatoms. The number of phenols is 1. The Balaban J connectivity index is 1.67. The van der Waals surface area contributed by atoms with Gasteiger partial charge in [-0.15, -0.1) is 0 Å². The summed E-state index contributed by atoms with van der Waals surface area (Å²) in [7, 11) is 0. The van der Waals surface area contributed by atoms with E-state index >= 15 is 0 Å². The number of aromatic hydroxyl groups is 1. The molecule has 0 atom stereocenters. The van der Waals surface area contributed by atoms with Crippen molar-refractivity contribution in [1.29, 1.82) is 0 Å². The average molecular weight is 330 g/mol. The number of carbonyl (C=O) groups excluding carboxylic acids is 1. The van der Waals surface area contributed by atoms with Crippen LogP contribution in [0.2, 0.25) is 0 Å². The molecule has 1 aliphatic rings. The van der Waals surface area contributed by atoms with Crippen LogP contribution in [0.25, 0.3) is 0 Å². The van der Waals surface area contributed by atoms with Gasteiger partial charge in [0.2, 0.25) is 0 Å². The molecule has 2 aromatic rings. The van der Waals surface area contributed by atoms with Crippen LogP contribution in [-0.2, 0) is 6.54 Å². The maximum Gasteiger partial charge on any atom is 0.310 e. The predicted molar refractivity (Wildman–Crippen MR) is 83.4 cm³/mol. The van der Waals surface area contributed by atoms with Crippen molar-refractivity contribution < 1.29 is 24.3 Å². The Bertz CT molecular complexity index is 805. The third-order valence-electron chi connectivity index (χ3n) is 3.49. The molecule has 0 saturated carbocycles. The number of benzene rings is 2. The molecule has 3 rings (SSSR count). The number of rotatable bonds is 4. The first kappa shape index (κ1) is 15.6. The molecule has 0 aliphatic carbocycles. The number of nitrogens with zero attached hydrogens (tertiary/aromatic N) is 1. The van der Waals surface area contributed by atoms with Gasteiger partial charge >= 0.3 is 5.69 Å². The summed E-state index contributed by atoms with van der Waals surface area (Å²) in [4.78, 5) is 22.0. The van der Waals surface area contributed by atoms with Gasteiger partial charge in [-0.25, -0.2) is 0 Å². The number of hydrogen-bond acceptors (Lipinski definition) is 6. The number of fused-ring (bicyclic) bond motifs is 1. The van der Waals surface area contributed by atoms with Crippen molar-refractivity contribution >= 4 is 11.6 Å². The second kappa shape index (κ2) is 6.45. The van der Waals surface area contributed by atoms with Gasteiger partial charge < -0.3 is 19.9 Å². The van der Waals surface area contributed by atoms with Crippen LogP contribution in [0, 0.1) is 10.1 Å². The van der Waals surface area contributed by atoms with Gasteiger partial charge in [-0.2, -0.15) is 0 Å². The van der Waals surface area contributed by atoms with Crippen molar-refractivity contribution in [3.63, 3.8) is 0 Å². The number of nitro benzene ring substituents is 1. The molecule has 24 heavy (non-hydrogen) atoms. The molecule has 0 unspecified atom stereocenters. The second-order valence-electron chi connectivity index (χ2n) is 5.12. The SMILES string of the molecule is O=C(NCc1ccc2c(c1)OCCO2)c1ccc([N+](=O)[O-])c(O)c1. The number of hydrogen-bond donors (Lipinski definition) is 2. The van der Waals surface area contributed by atoms with Crippen LogP contribution in [0.5, 0.6) is 17.2 Å². The number of phenolic OH excluding ortho intramolecular Hbond substituents is 1. The number of ether oxygens (including phenoxy) is 2.